The number of H-pyrrole nitrogens is 1. The first-order chi connectivity index (χ1) is 12.5. The van der Waals surface area contributed by atoms with Gasteiger partial charge in [-0.25, -0.2) is 14.8 Å². The van der Waals surface area contributed by atoms with Gasteiger partial charge in [-0.3, -0.25) is 14.6 Å². The predicted octanol–water partition coefficient (Wildman–Crippen LogP) is 0.880. The van der Waals surface area contributed by atoms with Gasteiger partial charge in [0.15, 0.2) is 0 Å². The molecular formula is C17H20N4O5. The molecule has 3 N–H and O–H groups in total. The van der Waals surface area contributed by atoms with Crippen LogP contribution in [0, 0.1) is 0 Å². The van der Waals surface area contributed by atoms with Gasteiger partial charge in [0, 0.05) is 12.5 Å². The molecule has 0 radical (unpaired) electrons. The first kappa shape index (κ1) is 19.0. The minimum absolute atomic E-state index is 0.261. The number of ether oxygens (including phenoxy) is 1. The summed E-state index contributed by atoms with van der Waals surface area (Å²) in [5.41, 5.74) is 0.671. The number of nitrogens with zero attached hydrogens (tertiary/aromatic N) is 2. The highest BCUT2D eigenvalue weighted by molar-refractivity contribution is 5.84. The normalized spacial score (nSPS) is 10.8. The van der Waals surface area contributed by atoms with Crippen molar-refractivity contribution < 1.29 is 14.6 Å². The second kappa shape index (κ2) is 8.65. The number of nitrogens with one attached hydrogen (secondary N) is 2. The average molecular weight is 360 g/mol. The molecule has 1 amide bonds. The Hall–Kier alpha value is -3.36. The third-order valence-corrected chi connectivity index (χ3v) is 3.57. The Labute approximate surface area is 149 Å². The number of aromatic amines is 1. The molecule has 9 nitrogen and oxygen atoms in total. The summed E-state index contributed by atoms with van der Waals surface area (Å²) in [7, 11) is 1.47. The summed E-state index contributed by atoms with van der Waals surface area (Å²) >= 11 is 0. The second-order valence-electron chi connectivity index (χ2n) is 5.43. The molecule has 0 spiro atoms. The van der Waals surface area contributed by atoms with Gasteiger partial charge < -0.3 is 9.84 Å². The molecule has 26 heavy (non-hydrogen) atoms. The van der Waals surface area contributed by atoms with Crippen molar-refractivity contribution in [2.75, 3.05) is 7.11 Å². The van der Waals surface area contributed by atoms with Gasteiger partial charge in [0.2, 0.25) is 11.8 Å². The molecule has 0 bridgehead atoms. The Bertz CT molecular complexity index is 929. The molecule has 0 fully saturated rings. The van der Waals surface area contributed by atoms with E-state index in [1.54, 1.807) is 18.2 Å². The molecule has 0 aliphatic rings. The molecule has 0 saturated heterocycles. The Morgan fingerprint density at radius 1 is 1.42 bits per heavy atom. The third-order valence-electron chi connectivity index (χ3n) is 3.57. The Kier molecular flexibility index (Phi) is 6.31. The minimum atomic E-state index is -0.821. The van der Waals surface area contributed by atoms with Crippen LogP contribution in [0.3, 0.4) is 0 Å². The highest BCUT2D eigenvalue weighted by atomic mass is 16.5. The van der Waals surface area contributed by atoms with Crippen LogP contribution >= 0.6 is 0 Å². The zero-order valence-electron chi connectivity index (χ0n) is 14.5. The van der Waals surface area contributed by atoms with E-state index in [0.29, 0.717) is 24.3 Å². The lowest BCUT2D eigenvalue weighted by Crippen LogP contribution is -2.31. The van der Waals surface area contributed by atoms with E-state index in [1.165, 1.54) is 13.2 Å². The average Bonchev–Trinajstić information content (AvgIpc) is 2.62. The molecule has 0 saturated carbocycles. The van der Waals surface area contributed by atoms with Gasteiger partial charge in [-0.15, -0.1) is 0 Å². The SMILES string of the molecule is CCCCC(=O)NN=Cc1c(O)n(-c2cccc(OC)c2)c(=O)[nH]c1=O. The van der Waals surface area contributed by atoms with Crippen molar-refractivity contribution in [3.05, 3.63) is 50.7 Å². The number of carbonyl (C=O) groups is 1. The molecule has 0 aliphatic heterocycles. The van der Waals surface area contributed by atoms with Crippen LogP contribution in [0.15, 0.2) is 39.0 Å². The van der Waals surface area contributed by atoms with Crippen LogP contribution in [0.4, 0.5) is 0 Å². The van der Waals surface area contributed by atoms with Crippen molar-refractivity contribution in [3.8, 4) is 17.3 Å². The molecule has 2 rings (SSSR count). The van der Waals surface area contributed by atoms with Gasteiger partial charge in [-0.2, -0.15) is 5.10 Å². The van der Waals surface area contributed by atoms with Gasteiger partial charge in [0.1, 0.15) is 11.3 Å². The summed E-state index contributed by atoms with van der Waals surface area (Å²) in [6, 6.07) is 6.39. The number of unbranched alkanes of at least 4 members (excludes halogenated alkanes) is 1. The monoisotopic (exact) mass is 360 g/mol. The molecule has 138 valence electrons. The number of methoxy groups -OCH3 is 1. The molecule has 9 heteroatoms. The van der Waals surface area contributed by atoms with E-state index >= 15 is 0 Å². The molecule has 2 aromatic rings. The van der Waals surface area contributed by atoms with Gasteiger partial charge in [0.25, 0.3) is 5.56 Å². The maximum atomic E-state index is 12.1. The van der Waals surface area contributed by atoms with Crippen molar-refractivity contribution in [3.63, 3.8) is 0 Å². The summed E-state index contributed by atoms with van der Waals surface area (Å²) in [5, 5.41) is 14.0. The number of benzene rings is 1. The number of amides is 1. The Morgan fingerprint density at radius 3 is 2.88 bits per heavy atom. The van der Waals surface area contributed by atoms with Crippen molar-refractivity contribution >= 4 is 12.1 Å². The van der Waals surface area contributed by atoms with E-state index in [2.05, 4.69) is 15.5 Å². The van der Waals surface area contributed by atoms with Crippen LogP contribution in [-0.2, 0) is 4.79 Å². The van der Waals surface area contributed by atoms with Crippen molar-refractivity contribution in [2.24, 2.45) is 5.10 Å². The van der Waals surface area contributed by atoms with E-state index in [1.807, 2.05) is 6.92 Å². The molecule has 0 atom stereocenters. The van der Waals surface area contributed by atoms with E-state index in [4.69, 9.17) is 4.74 Å². The molecule has 1 heterocycles. The lowest BCUT2D eigenvalue weighted by atomic mass is 10.2. The maximum Gasteiger partial charge on any atom is 0.335 e. The number of hydrazone groups is 1. The van der Waals surface area contributed by atoms with Crippen molar-refractivity contribution in [1.82, 2.24) is 15.0 Å². The topological polar surface area (TPSA) is 126 Å². The van der Waals surface area contributed by atoms with Crippen LogP contribution in [0.25, 0.3) is 5.69 Å². The number of carbonyl (C=O) groups excluding carboxylic acids is 1. The zero-order chi connectivity index (χ0) is 19.1. The molecule has 1 aromatic heterocycles. The zero-order valence-corrected chi connectivity index (χ0v) is 14.5. The summed E-state index contributed by atoms with van der Waals surface area (Å²) in [4.78, 5) is 37.7. The Morgan fingerprint density at radius 2 is 2.19 bits per heavy atom. The summed E-state index contributed by atoms with van der Waals surface area (Å²) in [6.07, 6.45) is 2.88. The number of aromatic nitrogens is 2. The summed E-state index contributed by atoms with van der Waals surface area (Å²) < 4.78 is 6.00. The van der Waals surface area contributed by atoms with Crippen LogP contribution in [0.1, 0.15) is 31.7 Å². The van der Waals surface area contributed by atoms with E-state index < -0.39 is 17.1 Å². The fraction of sp³-hybridized carbons (Fsp3) is 0.294. The fourth-order valence-electron chi connectivity index (χ4n) is 2.21. The molecule has 1 aromatic carbocycles. The van der Waals surface area contributed by atoms with Crippen LogP contribution in [0.5, 0.6) is 11.6 Å². The fourth-order valence-corrected chi connectivity index (χ4v) is 2.21. The summed E-state index contributed by atoms with van der Waals surface area (Å²) in [6.45, 7) is 1.95. The van der Waals surface area contributed by atoms with Gasteiger partial charge in [-0.05, 0) is 18.6 Å². The lowest BCUT2D eigenvalue weighted by molar-refractivity contribution is -0.121. The van der Waals surface area contributed by atoms with Gasteiger partial charge in [-0.1, -0.05) is 19.4 Å². The highest BCUT2D eigenvalue weighted by Gasteiger charge is 2.14. The van der Waals surface area contributed by atoms with Crippen molar-refractivity contribution in [1.29, 1.82) is 0 Å². The maximum absolute atomic E-state index is 12.1. The number of aromatic hydroxyl groups is 1. The van der Waals surface area contributed by atoms with E-state index in [9.17, 15) is 19.5 Å². The van der Waals surface area contributed by atoms with Gasteiger partial charge in [0.05, 0.1) is 19.0 Å². The quantitative estimate of drug-likeness (QED) is 0.499. The van der Waals surface area contributed by atoms with Gasteiger partial charge >= 0.3 is 5.69 Å². The van der Waals surface area contributed by atoms with Crippen molar-refractivity contribution in [2.45, 2.75) is 26.2 Å². The summed E-state index contributed by atoms with van der Waals surface area (Å²) in [5.74, 6) is -0.433. The van der Waals surface area contributed by atoms with Crippen LogP contribution in [0.2, 0.25) is 0 Å². The molecule has 0 aliphatic carbocycles. The predicted molar refractivity (Wildman–Crippen MR) is 96.1 cm³/mol. The van der Waals surface area contributed by atoms with E-state index in [-0.39, 0.29) is 11.5 Å². The first-order valence-electron chi connectivity index (χ1n) is 8.02. The highest BCUT2D eigenvalue weighted by Crippen LogP contribution is 2.19. The first-order valence-corrected chi connectivity index (χ1v) is 8.02. The second-order valence-corrected chi connectivity index (χ2v) is 5.43. The lowest BCUT2D eigenvalue weighted by Gasteiger charge is -2.10. The molecular weight excluding hydrogens is 340 g/mol. The number of hydrogen-bond donors (Lipinski definition) is 3. The number of rotatable bonds is 7. The number of hydrogen-bond acceptors (Lipinski definition) is 6. The third kappa shape index (κ3) is 4.38. The van der Waals surface area contributed by atoms with E-state index in [0.717, 1.165) is 17.2 Å². The Balaban J connectivity index is 2.38. The molecule has 0 unspecified atom stereocenters. The smallest absolute Gasteiger partial charge is 0.335 e. The minimum Gasteiger partial charge on any atom is -0.497 e. The van der Waals surface area contributed by atoms with Crippen LogP contribution < -0.4 is 21.4 Å². The standard InChI is InChI=1S/C17H20N4O5/c1-3-4-8-14(22)20-18-10-13-15(23)19-17(25)21(16(13)24)11-6-5-7-12(9-11)26-2/h5-7,9-10,24H,3-4,8H2,1-2H3,(H,20,22)(H,19,23,25). The van der Waals surface area contributed by atoms with Crippen LogP contribution in [-0.4, -0.2) is 33.9 Å². The largest absolute Gasteiger partial charge is 0.497 e.